The third-order valence-corrected chi connectivity index (χ3v) is 10.6. The SMILES string of the molecule is CCOP(=O)(OCC)OCN1C(=O)N[C@@](CCN2Cc3ccc(OC)c(F)c3C2=O)(c2cc3nc(N4CCN(CC)CC4)ccc3o2)C1=O. The van der Waals surface area contributed by atoms with Gasteiger partial charge in [0.25, 0.3) is 11.8 Å². The molecule has 0 spiro atoms. The summed E-state index contributed by atoms with van der Waals surface area (Å²) in [7, 11) is -2.77. The van der Waals surface area contributed by atoms with Crippen molar-refractivity contribution in [3.8, 4) is 5.75 Å². The van der Waals surface area contributed by atoms with Crippen LogP contribution in [0.1, 0.15) is 48.9 Å². The van der Waals surface area contributed by atoms with Crippen molar-refractivity contribution in [1.29, 1.82) is 0 Å². The maximum absolute atomic E-state index is 15.1. The molecule has 49 heavy (non-hydrogen) atoms. The first-order valence-corrected chi connectivity index (χ1v) is 17.7. The van der Waals surface area contributed by atoms with Crippen LogP contribution in [0.4, 0.5) is 15.0 Å². The number of rotatable bonds is 14. The van der Waals surface area contributed by atoms with E-state index < -0.39 is 43.8 Å². The van der Waals surface area contributed by atoms with Gasteiger partial charge in [-0.15, -0.1) is 0 Å². The van der Waals surface area contributed by atoms with Crippen LogP contribution in [0.15, 0.2) is 34.7 Å². The Hall–Kier alpha value is -4.08. The van der Waals surface area contributed by atoms with Crippen LogP contribution < -0.4 is 15.0 Å². The molecular formula is C32H40FN6O9P. The fourth-order valence-electron chi connectivity index (χ4n) is 6.39. The lowest BCUT2D eigenvalue weighted by atomic mass is 9.91. The number of carbonyl (C=O) groups is 3. The second-order valence-corrected chi connectivity index (χ2v) is 13.5. The summed E-state index contributed by atoms with van der Waals surface area (Å²) in [5.74, 6) is -1.34. The van der Waals surface area contributed by atoms with Crippen LogP contribution in [0.3, 0.4) is 0 Å². The standard InChI is InChI=1S/C32H40FN6O9P/c1-5-36-14-16-37(17-15-36)26-11-10-23-22(34-26)18-25(48-23)32(12-13-38-19-21-8-9-24(44-4)28(33)27(21)29(38)40)30(41)39(31(42)35-32)20-47-49(43,45-6-2)46-7-3/h8-11,18H,5-7,12-17,19-20H2,1-4H3,(H,35,42)/t32-/m0/s1. The van der Waals surface area contributed by atoms with Crippen molar-refractivity contribution in [3.05, 3.63) is 53.0 Å². The molecule has 2 aromatic heterocycles. The number of pyridine rings is 1. The maximum Gasteiger partial charge on any atom is 0.476 e. The number of phosphoric ester groups is 1. The van der Waals surface area contributed by atoms with Gasteiger partial charge in [0.2, 0.25) is 0 Å². The average molecular weight is 703 g/mol. The van der Waals surface area contributed by atoms with Crippen LogP contribution in [-0.4, -0.2) is 104 Å². The van der Waals surface area contributed by atoms with Crippen LogP contribution in [0.25, 0.3) is 11.1 Å². The van der Waals surface area contributed by atoms with E-state index in [0.29, 0.717) is 16.7 Å². The topological polar surface area (TPSA) is 156 Å². The summed E-state index contributed by atoms with van der Waals surface area (Å²) >= 11 is 0. The smallest absolute Gasteiger partial charge is 0.476 e. The van der Waals surface area contributed by atoms with Gasteiger partial charge in [-0.3, -0.25) is 23.2 Å². The fourth-order valence-corrected chi connectivity index (χ4v) is 7.50. The molecule has 17 heteroatoms. The van der Waals surface area contributed by atoms with Gasteiger partial charge < -0.3 is 29.2 Å². The number of carbonyl (C=O) groups excluding carboxylic acids is 3. The zero-order chi connectivity index (χ0) is 34.9. The fraction of sp³-hybridized carbons (Fsp3) is 0.500. The summed E-state index contributed by atoms with van der Waals surface area (Å²) in [6, 6.07) is 7.43. The number of urea groups is 1. The molecule has 15 nitrogen and oxygen atoms in total. The zero-order valence-electron chi connectivity index (χ0n) is 27.9. The number of aromatic nitrogens is 1. The van der Waals surface area contributed by atoms with Crippen molar-refractivity contribution in [1.82, 2.24) is 25.0 Å². The molecule has 3 aromatic rings. The number of fused-ring (bicyclic) bond motifs is 2. The minimum Gasteiger partial charge on any atom is -0.494 e. The van der Waals surface area contributed by atoms with Gasteiger partial charge in [-0.1, -0.05) is 13.0 Å². The zero-order valence-corrected chi connectivity index (χ0v) is 28.8. The van der Waals surface area contributed by atoms with Crippen molar-refractivity contribution in [2.45, 2.75) is 39.3 Å². The highest BCUT2D eigenvalue weighted by Gasteiger charge is 2.55. The van der Waals surface area contributed by atoms with Crippen molar-refractivity contribution < 1.29 is 46.1 Å². The van der Waals surface area contributed by atoms with E-state index in [-0.39, 0.29) is 49.8 Å². The van der Waals surface area contributed by atoms with Gasteiger partial charge in [0, 0.05) is 51.8 Å². The van der Waals surface area contributed by atoms with Crippen LogP contribution >= 0.6 is 7.82 Å². The number of methoxy groups -OCH3 is 1. The van der Waals surface area contributed by atoms with E-state index in [9.17, 15) is 18.9 Å². The largest absolute Gasteiger partial charge is 0.494 e. The number of nitrogens with zero attached hydrogens (tertiary/aromatic N) is 5. The molecular weight excluding hydrogens is 662 g/mol. The van der Waals surface area contributed by atoms with Gasteiger partial charge in [0.1, 0.15) is 23.8 Å². The van der Waals surface area contributed by atoms with Crippen LogP contribution in [0.5, 0.6) is 5.75 Å². The number of piperazine rings is 1. The molecule has 3 aliphatic heterocycles. The van der Waals surface area contributed by atoms with E-state index in [1.807, 2.05) is 6.07 Å². The minimum absolute atomic E-state index is 0.00232. The second kappa shape index (κ2) is 14.0. The summed E-state index contributed by atoms with van der Waals surface area (Å²) < 4.78 is 55.0. The quantitative estimate of drug-likeness (QED) is 0.190. The van der Waals surface area contributed by atoms with Crippen LogP contribution in [0, 0.1) is 5.82 Å². The first kappa shape index (κ1) is 34.8. The van der Waals surface area contributed by atoms with Crippen LogP contribution in [-0.2, 0) is 35.0 Å². The molecule has 2 fully saturated rings. The van der Waals surface area contributed by atoms with Crippen molar-refractivity contribution >= 4 is 42.6 Å². The minimum atomic E-state index is -4.09. The number of halogens is 1. The molecule has 0 aliphatic carbocycles. The van der Waals surface area contributed by atoms with Crippen molar-refractivity contribution in [3.63, 3.8) is 0 Å². The van der Waals surface area contributed by atoms with Crippen molar-refractivity contribution in [2.75, 3.05) is 71.2 Å². The van der Waals surface area contributed by atoms with E-state index in [4.69, 9.17) is 27.7 Å². The Labute approximate surface area is 282 Å². The van der Waals surface area contributed by atoms with Crippen LogP contribution in [0.2, 0.25) is 0 Å². The lowest BCUT2D eigenvalue weighted by Crippen LogP contribution is -2.46. The summed E-state index contributed by atoms with van der Waals surface area (Å²) in [6.07, 6.45) is -0.146. The van der Waals surface area contributed by atoms with Gasteiger partial charge in [-0.05, 0) is 44.2 Å². The first-order chi connectivity index (χ1) is 23.6. The summed E-state index contributed by atoms with van der Waals surface area (Å²) in [4.78, 5) is 52.6. The molecule has 4 amide bonds. The Kier molecular flexibility index (Phi) is 9.96. The number of hydrogen-bond donors (Lipinski definition) is 1. The number of imide groups is 1. The number of amides is 4. The van der Waals surface area contributed by atoms with Gasteiger partial charge >= 0.3 is 13.9 Å². The molecule has 1 atom stereocenters. The summed E-state index contributed by atoms with van der Waals surface area (Å²) in [5.41, 5.74) is -0.596. The number of phosphoric acid groups is 1. The summed E-state index contributed by atoms with van der Waals surface area (Å²) in [6.45, 7) is 9.00. The Balaban J connectivity index is 1.30. The Morgan fingerprint density at radius 2 is 1.76 bits per heavy atom. The highest BCUT2D eigenvalue weighted by molar-refractivity contribution is 7.48. The van der Waals surface area contributed by atoms with Gasteiger partial charge in [0.05, 0.1) is 25.9 Å². The monoisotopic (exact) mass is 702 g/mol. The molecule has 5 heterocycles. The molecule has 0 saturated carbocycles. The Bertz CT molecular complexity index is 1790. The molecule has 1 aromatic carbocycles. The maximum atomic E-state index is 15.1. The number of benzene rings is 1. The molecule has 0 unspecified atom stereocenters. The van der Waals surface area contributed by atoms with E-state index in [0.717, 1.165) is 43.4 Å². The number of likely N-dealkylation sites (N-methyl/N-ethyl adjacent to an activating group) is 1. The Morgan fingerprint density at radius 3 is 2.43 bits per heavy atom. The van der Waals surface area contributed by atoms with Gasteiger partial charge in [0.15, 0.2) is 22.7 Å². The lowest BCUT2D eigenvalue weighted by molar-refractivity contribution is -0.134. The molecule has 264 valence electrons. The second-order valence-electron chi connectivity index (χ2n) is 11.8. The molecule has 3 aliphatic rings. The molecule has 6 rings (SSSR count). The first-order valence-electron chi connectivity index (χ1n) is 16.3. The van der Waals surface area contributed by atoms with Gasteiger partial charge in [-0.25, -0.2) is 23.6 Å². The van der Waals surface area contributed by atoms with E-state index >= 15 is 4.39 Å². The number of hydrogen-bond acceptors (Lipinski definition) is 12. The third-order valence-electron chi connectivity index (χ3n) is 9.05. The third kappa shape index (κ3) is 6.51. The number of ether oxygens (including phenoxy) is 1. The molecule has 2 saturated heterocycles. The molecule has 0 radical (unpaired) electrons. The number of nitrogens with one attached hydrogen (secondary N) is 1. The van der Waals surface area contributed by atoms with E-state index in [1.165, 1.54) is 18.1 Å². The summed E-state index contributed by atoms with van der Waals surface area (Å²) in [5, 5.41) is 2.74. The highest BCUT2D eigenvalue weighted by Crippen LogP contribution is 2.49. The van der Waals surface area contributed by atoms with E-state index in [2.05, 4.69) is 22.0 Å². The lowest BCUT2D eigenvalue weighted by Gasteiger charge is -2.34. The van der Waals surface area contributed by atoms with Gasteiger partial charge in [-0.2, -0.15) is 0 Å². The molecule has 1 N–H and O–H groups in total. The van der Waals surface area contributed by atoms with E-state index in [1.54, 1.807) is 32.0 Å². The average Bonchev–Trinajstić information content (AvgIpc) is 3.74. The number of anilines is 1. The highest BCUT2D eigenvalue weighted by atomic mass is 31.2. The number of furan rings is 1. The molecule has 0 bridgehead atoms. The Morgan fingerprint density at radius 1 is 1.02 bits per heavy atom. The normalized spacial score (nSPS) is 20.1. The predicted molar refractivity (Wildman–Crippen MR) is 175 cm³/mol. The van der Waals surface area contributed by atoms with Crippen molar-refractivity contribution in [2.24, 2.45) is 0 Å². The predicted octanol–water partition coefficient (Wildman–Crippen LogP) is 4.07.